The molecule has 1 amide bonds. The summed E-state index contributed by atoms with van der Waals surface area (Å²) in [5, 5.41) is 4.92. The molecule has 0 bridgehead atoms. The van der Waals surface area contributed by atoms with Crippen LogP contribution in [0.3, 0.4) is 0 Å². The number of ether oxygens (including phenoxy) is 1. The Morgan fingerprint density at radius 1 is 0.969 bits per heavy atom. The molecule has 32 heavy (non-hydrogen) atoms. The van der Waals surface area contributed by atoms with Crippen molar-refractivity contribution < 1.29 is 22.7 Å². The van der Waals surface area contributed by atoms with Crippen LogP contribution in [0.5, 0.6) is 5.75 Å². The lowest BCUT2D eigenvalue weighted by molar-refractivity contribution is 0.0946. The maximum Gasteiger partial charge on any atom is 0.271 e. The molecule has 0 saturated carbocycles. The predicted octanol–water partition coefficient (Wildman–Crippen LogP) is 5.74. The zero-order valence-corrected chi connectivity index (χ0v) is 17.5. The first-order valence-corrected chi connectivity index (χ1v) is 10.5. The monoisotopic (exact) mass is 454 g/mol. The van der Waals surface area contributed by atoms with Crippen LogP contribution < -0.4 is 10.1 Å². The molecule has 1 heterocycles. The molecule has 1 N–H and O–H groups in total. The number of nitrogens with zero attached hydrogens (tertiary/aromatic N) is 1. The summed E-state index contributed by atoms with van der Waals surface area (Å²) >= 11 is 1.26. The summed E-state index contributed by atoms with van der Waals surface area (Å²) in [6, 6.07) is 16.1. The van der Waals surface area contributed by atoms with E-state index in [4.69, 9.17) is 4.74 Å². The summed E-state index contributed by atoms with van der Waals surface area (Å²) in [5.41, 5.74) is 1.73. The zero-order valence-electron chi connectivity index (χ0n) is 16.6. The van der Waals surface area contributed by atoms with Gasteiger partial charge in [0.15, 0.2) is 0 Å². The lowest BCUT2D eigenvalue weighted by Gasteiger charge is -2.10. The van der Waals surface area contributed by atoms with E-state index in [-0.39, 0.29) is 36.1 Å². The fraction of sp³-hybridized carbons (Fsp3) is 0.0833. The van der Waals surface area contributed by atoms with Crippen LogP contribution in [0.15, 0.2) is 72.1 Å². The molecule has 0 saturated heterocycles. The first kappa shape index (κ1) is 21.6. The number of hydrogen-bond donors (Lipinski definition) is 1. The number of halogens is 3. The Morgan fingerprint density at radius 2 is 1.72 bits per heavy atom. The Kier molecular flexibility index (Phi) is 6.51. The van der Waals surface area contributed by atoms with Crippen molar-refractivity contribution in [2.45, 2.75) is 13.2 Å². The largest absolute Gasteiger partial charge is 0.488 e. The Bertz CT molecular complexity index is 1240. The van der Waals surface area contributed by atoms with Gasteiger partial charge < -0.3 is 10.1 Å². The van der Waals surface area contributed by atoms with E-state index < -0.39 is 11.6 Å². The van der Waals surface area contributed by atoms with Gasteiger partial charge in [0.05, 0.1) is 5.56 Å². The molecule has 3 aromatic carbocycles. The van der Waals surface area contributed by atoms with Crippen LogP contribution in [-0.4, -0.2) is 10.9 Å². The summed E-state index contributed by atoms with van der Waals surface area (Å²) < 4.78 is 46.0. The second kappa shape index (κ2) is 9.65. The van der Waals surface area contributed by atoms with E-state index in [0.29, 0.717) is 16.3 Å². The number of hydrogen-bond acceptors (Lipinski definition) is 4. The number of aromatic nitrogens is 1. The second-order valence-corrected chi connectivity index (χ2v) is 7.73. The van der Waals surface area contributed by atoms with Crippen LogP contribution >= 0.6 is 11.3 Å². The number of nitrogens with one attached hydrogen (secondary N) is 1. The summed E-state index contributed by atoms with van der Waals surface area (Å²) in [4.78, 5) is 16.8. The summed E-state index contributed by atoms with van der Waals surface area (Å²) in [7, 11) is 0. The fourth-order valence-electron chi connectivity index (χ4n) is 2.96. The molecule has 0 spiro atoms. The van der Waals surface area contributed by atoms with Crippen molar-refractivity contribution in [3.05, 3.63) is 106 Å². The van der Waals surface area contributed by atoms with E-state index in [1.807, 2.05) is 0 Å². The molecule has 0 fully saturated rings. The van der Waals surface area contributed by atoms with Crippen LogP contribution in [0.25, 0.3) is 10.6 Å². The topological polar surface area (TPSA) is 51.2 Å². The molecule has 0 atom stereocenters. The van der Waals surface area contributed by atoms with Crippen LogP contribution in [-0.2, 0) is 13.2 Å². The van der Waals surface area contributed by atoms with E-state index in [2.05, 4.69) is 10.3 Å². The minimum Gasteiger partial charge on any atom is -0.488 e. The first-order chi connectivity index (χ1) is 15.5. The van der Waals surface area contributed by atoms with E-state index >= 15 is 0 Å². The van der Waals surface area contributed by atoms with E-state index in [1.54, 1.807) is 41.8 Å². The van der Waals surface area contributed by atoms with Crippen molar-refractivity contribution in [1.82, 2.24) is 10.3 Å². The molecule has 1 aromatic heterocycles. The maximum absolute atomic E-state index is 13.9. The van der Waals surface area contributed by atoms with E-state index in [9.17, 15) is 18.0 Å². The summed E-state index contributed by atoms with van der Waals surface area (Å²) in [6.07, 6.45) is 0. The van der Waals surface area contributed by atoms with Crippen LogP contribution in [0.2, 0.25) is 0 Å². The van der Waals surface area contributed by atoms with Crippen molar-refractivity contribution in [2.75, 3.05) is 0 Å². The molecular formula is C24H17F3N2O2S. The molecule has 0 aliphatic rings. The molecule has 162 valence electrons. The Labute approximate surface area is 186 Å². The van der Waals surface area contributed by atoms with Gasteiger partial charge in [-0.05, 0) is 48.0 Å². The van der Waals surface area contributed by atoms with Crippen molar-refractivity contribution in [3.63, 3.8) is 0 Å². The van der Waals surface area contributed by atoms with Gasteiger partial charge in [0.25, 0.3) is 5.91 Å². The average Bonchev–Trinajstić information content (AvgIpc) is 3.29. The number of carbonyl (C=O) groups excluding carboxylic acids is 1. The third kappa shape index (κ3) is 5.15. The number of rotatable bonds is 7. The van der Waals surface area contributed by atoms with Gasteiger partial charge in [-0.25, -0.2) is 18.2 Å². The summed E-state index contributed by atoms with van der Waals surface area (Å²) in [6.45, 7) is 0.0852. The zero-order chi connectivity index (χ0) is 22.5. The lowest BCUT2D eigenvalue weighted by Crippen LogP contribution is -2.23. The van der Waals surface area contributed by atoms with Gasteiger partial charge in [-0.3, -0.25) is 4.79 Å². The lowest BCUT2D eigenvalue weighted by atomic mass is 10.2. The normalized spacial score (nSPS) is 10.7. The highest BCUT2D eigenvalue weighted by Gasteiger charge is 2.15. The second-order valence-electron chi connectivity index (χ2n) is 6.87. The SMILES string of the molecule is O=C(NCc1ccc(F)cc1)c1csc(-c2ccccc2OCc2cc(F)ccc2F)n1. The molecular weight excluding hydrogens is 437 g/mol. The van der Waals surface area contributed by atoms with Gasteiger partial charge in [-0.15, -0.1) is 11.3 Å². The Hall–Kier alpha value is -3.65. The highest BCUT2D eigenvalue weighted by atomic mass is 32.1. The molecule has 0 radical (unpaired) electrons. The van der Waals surface area contributed by atoms with Gasteiger partial charge in [-0.2, -0.15) is 0 Å². The van der Waals surface area contributed by atoms with Crippen LogP contribution in [0.4, 0.5) is 13.2 Å². The van der Waals surface area contributed by atoms with Gasteiger partial charge in [0, 0.05) is 17.5 Å². The smallest absolute Gasteiger partial charge is 0.271 e. The van der Waals surface area contributed by atoms with Gasteiger partial charge >= 0.3 is 0 Å². The molecule has 0 unspecified atom stereocenters. The van der Waals surface area contributed by atoms with Crippen molar-refractivity contribution in [2.24, 2.45) is 0 Å². The van der Waals surface area contributed by atoms with Crippen molar-refractivity contribution in [3.8, 4) is 16.3 Å². The summed E-state index contributed by atoms with van der Waals surface area (Å²) in [5.74, 6) is -1.38. The number of benzene rings is 3. The molecule has 4 rings (SSSR count). The molecule has 0 aliphatic carbocycles. The molecule has 8 heteroatoms. The predicted molar refractivity (Wildman–Crippen MR) is 116 cm³/mol. The van der Waals surface area contributed by atoms with E-state index in [0.717, 1.165) is 23.8 Å². The quantitative estimate of drug-likeness (QED) is 0.388. The van der Waals surface area contributed by atoms with Crippen LogP contribution in [0, 0.1) is 17.5 Å². The molecule has 0 aliphatic heterocycles. The number of amides is 1. The highest BCUT2D eigenvalue weighted by Crippen LogP contribution is 2.33. The minimum absolute atomic E-state index is 0.0970. The van der Waals surface area contributed by atoms with Crippen molar-refractivity contribution >= 4 is 17.2 Å². The van der Waals surface area contributed by atoms with Gasteiger partial charge in [0.2, 0.25) is 0 Å². The average molecular weight is 454 g/mol. The van der Waals surface area contributed by atoms with E-state index in [1.165, 1.54) is 23.5 Å². The van der Waals surface area contributed by atoms with Gasteiger partial charge in [-0.1, -0.05) is 24.3 Å². The molecule has 4 nitrogen and oxygen atoms in total. The fourth-order valence-corrected chi connectivity index (χ4v) is 3.79. The van der Waals surface area contributed by atoms with Crippen molar-refractivity contribution in [1.29, 1.82) is 0 Å². The standard InChI is InChI=1S/C24H17F3N2O2S/c25-17-7-5-15(6-8-17)12-28-23(30)21-14-32-24(29-21)19-3-1-2-4-22(19)31-13-16-11-18(26)9-10-20(16)27/h1-11,14H,12-13H2,(H,28,30). The maximum atomic E-state index is 13.9. The van der Waals surface area contributed by atoms with Gasteiger partial charge in [0.1, 0.15) is 40.5 Å². The highest BCUT2D eigenvalue weighted by molar-refractivity contribution is 7.13. The number of para-hydroxylation sites is 1. The third-order valence-corrected chi connectivity index (χ3v) is 5.49. The first-order valence-electron chi connectivity index (χ1n) is 9.64. The Morgan fingerprint density at radius 3 is 2.53 bits per heavy atom. The Balaban J connectivity index is 1.46. The number of thiazole rings is 1. The molecule has 4 aromatic rings. The third-order valence-electron chi connectivity index (χ3n) is 4.61. The number of carbonyl (C=O) groups is 1. The minimum atomic E-state index is -0.557. The van der Waals surface area contributed by atoms with Crippen LogP contribution in [0.1, 0.15) is 21.6 Å².